The van der Waals surface area contributed by atoms with E-state index in [2.05, 4.69) is 22.5 Å². The Morgan fingerprint density at radius 3 is 2.81 bits per heavy atom. The number of thiazole rings is 1. The van der Waals surface area contributed by atoms with E-state index >= 15 is 0 Å². The molecule has 1 amide bonds. The zero-order chi connectivity index (χ0) is 22.1. The van der Waals surface area contributed by atoms with Crippen molar-refractivity contribution < 1.29 is 13.9 Å². The maximum absolute atomic E-state index is 11.9. The predicted molar refractivity (Wildman–Crippen MR) is 123 cm³/mol. The number of aliphatic imine (C=N–C) groups is 1. The number of aryl methyl sites for hydroxylation is 2. The van der Waals surface area contributed by atoms with E-state index in [4.69, 9.17) is 14.1 Å². The van der Waals surface area contributed by atoms with E-state index < -0.39 is 0 Å². The normalized spacial score (nSPS) is 15.2. The highest BCUT2D eigenvalue weighted by molar-refractivity contribution is 7.11. The van der Waals surface area contributed by atoms with E-state index in [0.717, 1.165) is 54.6 Å². The van der Waals surface area contributed by atoms with Crippen LogP contribution in [0.15, 0.2) is 27.8 Å². The Kier molecular flexibility index (Phi) is 8.75. The van der Waals surface area contributed by atoms with Gasteiger partial charge in [-0.2, -0.15) is 0 Å². The predicted octanol–water partition coefficient (Wildman–Crippen LogP) is 3.29. The maximum Gasteiger partial charge on any atom is 0.409 e. The van der Waals surface area contributed by atoms with Crippen molar-refractivity contribution in [3.63, 3.8) is 0 Å². The quantitative estimate of drug-likeness (QED) is 0.477. The summed E-state index contributed by atoms with van der Waals surface area (Å²) in [5, 5.41) is 8.08. The molecule has 1 fully saturated rings. The minimum absolute atomic E-state index is 0.222. The maximum atomic E-state index is 11.9. The number of hydrogen-bond acceptors (Lipinski definition) is 6. The van der Waals surface area contributed by atoms with Gasteiger partial charge in [0.15, 0.2) is 5.96 Å². The Labute approximate surface area is 188 Å². The lowest BCUT2D eigenvalue weighted by atomic mass is 10.1. The average Bonchev–Trinajstić information content (AvgIpc) is 3.38. The van der Waals surface area contributed by atoms with Crippen LogP contribution in [0.4, 0.5) is 4.79 Å². The molecule has 0 bridgehead atoms. The highest BCUT2D eigenvalue weighted by Gasteiger charge is 2.24. The van der Waals surface area contributed by atoms with Crippen LogP contribution >= 0.6 is 11.3 Å². The molecule has 2 N–H and O–H groups in total. The molecule has 9 heteroatoms. The van der Waals surface area contributed by atoms with Crippen LogP contribution in [-0.2, 0) is 17.6 Å². The molecule has 0 unspecified atom stereocenters. The van der Waals surface area contributed by atoms with Gasteiger partial charge in [0.25, 0.3) is 0 Å². The molecule has 170 valence electrons. The number of aromatic nitrogens is 1. The summed E-state index contributed by atoms with van der Waals surface area (Å²) in [6.45, 7) is 9.17. The fraction of sp³-hybridized carbons (Fsp3) is 0.591. The van der Waals surface area contributed by atoms with Gasteiger partial charge in [-0.05, 0) is 45.7 Å². The molecule has 8 nitrogen and oxygen atoms in total. The van der Waals surface area contributed by atoms with E-state index in [-0.39, 0.29) is 12.1 Å². The number of furan rings is 1. The molecule has 2 aromatic rings. The zero-order valence-electron chi connectivity index (χ0n) is 18.6. The van der Waals surface area contributed by atoms with E-state index in [1.807, 2.05) is 26.0 Å². The number of hydrogen-bond donors (Lipinski definition) is 2. The molecule has 0 aromatic carbocycles. The lowest BCUT2D eigenvalue weighted by Crippen LogP contribution is -2.50. The monoisotopic (exact) mass is 447 g/mol. The fourth-order valence-corrected chi connectivity index (χ4v) is 4.36. The van der Waals surface area contributed by atoms with Gasteiger partial charge in [-0.3, -0.25) is 4.99 Å². The SMILES string of the molecule is CCOC(=O)N1CCC(NC(=NCCc2nc(C)c(C)s2)NCCc2ccco2)CC1. The van der Waals surface area contributed by atoms with Gasteiger partial charge in [0.05, 0.1) is 23.6 Å². The van der Waals surface area contributed by atoms with E-state index in [9.17, 15) is 4.79 Å². The summed E-state index contributed by atoms with van der Waals surface area (Å²) in [6, 6.07) is 4.15. The van der Waals surface area contributed by atoms with Crippen molar-refractivity contribution in [3.8, 4) is 0 Å². The number of nitrogens with zero attached hydrogens (tertiary/aromatic N) is 3. The third-order valence-electron chi connectivity index (χ3n) is 5.27. The van der Waals surface area contributed by atoms with Gasteiger partial charge in [-0.15, -0.1) is 11.3 Å². The van der Waals surface area contributed by atoms with Gasteiger partial charge in [0, 0.05) is 49.9 Å². The third-order valence-corrected chi connectivity index (χ3v) is 6.41. The van der Waals surface area contributed by atoms with Crippen molar-refractivity contribution in [1.82, 2.24) is 20.5 Å². The van der Waals surface area contributed by atoms with Crippen LogP contribution in [0.1, 0.15) is 41.1 Å². The number of ether oxygens (including phenoxy) is 1. The first-order chi connectivity index (χ1) is 15.0. The summed E-state index contributed by atoms with van der Waals surface area (Å²) < 4.78 is 10.5. The number of nitrogens with one attached hydrogen (secondary N) is 2. The summed E-state index contributed by atoms with van der Waals surface area (Å²) in [4.78, 5) is 24.3. The van der Waals surface area contributed by atoms with Gasteiger partial charge in [0.1, 0.15) is 5.76 Å². The third kappa shape index (κ3) is 7.27. The molecule has 1 saturated heterocycles. The molecular weight excluding hydrogens is 414 g/mol. The highest BCUT2D eigenvalue weighted by atomic mass is 32.1. The van der Waals surface area contributed by atoms with Crippen molar-refractivity contribution in [2.75, 3.05) is 32.8 Å². The van der Waals surface area contributed by atoms with Crippen molar-refractivity contribution in [2.24, 2.45) is 4.99 Å². The first-order valence-corrected chi connectivity index (χ1v) is 11.8. The molecule has 1 aliphatic heterocycles. The molecule has 0 saturated carbocycles. The molecule has 3 rings (SSSR count). The number of carbonyl (C=O) groups is 1. The van der Waals surface area contributed by atoms with Gasteiger partial charge >= 0.3 is 6.09 Å². The van der Waals surface area contributed by atoms with Crippen LogP contribution < -0.4 is 10.6 Å². The zero-order valence-corrected chi connectivity index (χ0v) is 19.5. The van der Waals surface area contributed by atoms with E-state index in [0.29, 0.717) is 26.2 Å². The minimum Gasteiger partial charge on any atom is -0.469 e. The average molecular weight is 448 g/mol. The lowest BCUT2D eigenvalue weighted by Gasteiger charge is -2.32. The van der Waals surface area contributed by atoms with Crippen LogP contribution in [-0.4, -0.2) is 60.8 Å². The van der Waals surface area contributed by atoms with Crippen molar-refractivity contribution >= 4 is 23.4 Å². The largest absolute Gasteiger partial charge is 0.469 e. The molecule has 1 aliphatic rings. The fourth-order valence-electron chi connectivity index (χ4n) is 3.44. The Morgan fingerprint density at radius 2 is 2.16 bits per heavy atom. The van der Waals surface area contributed by atoms with Gasteiger partial charge < -0.3 is 24.7 Å². The second-order valence-electron chi connectivity index (χ2n) is 7.59. The number of likely N-dealkylation sites (tertiary alicyclic amines) is 1. The van der Waals surface area contributed by atoms with Crippen molar-refractivity contribution in [3.05, 3.63) is 39.7 Å². The lowest BCUT2D eigenvalue weighted by molar-refractivity contribution is 0.0963. The summed E-state index contributed by atoms with van der Waals surface area (Å²) >= 11 is 1.74. The van der Waals surface area contributed by atoms with Gasteiger partial charge in [-0.25, -0.2) is 9.78 Å². The summed E-state index contributed by atoms with van der Waals surface area (Å²) in [7, 11) is 0. The highest BCUT2D eigenvalue weighted by Crippen LogP contribution is 2.17. The second kappa shape index (κ2) is 11.7. The molecule has 31 heavy (non-hydrogen) atoms. The molecular formula is C22H33N5O3S. The van der Waals surface area contributed by atoms with Crippen LogP contribution in [0.25, 0.3) is 0 Å². The Hall–Kier alpha value is -2.55. The topological polar surface area (TPSA) is 92.0 Å². The van der Waals surface area contributed by atoms with Crippen LogP contribution in [0, 0.1) is 13.8 Å². The first kappa shape index (κ1) is 23.1. The van der Waals surface area contributed by atoms with Crippen LogP contribution in [0.5, 0.6) is 0 Å². The summed E-state index contributed by atoms with van der Waals surface area (Å²) in [5.41, 5.74) is 1.10. The van der Waals surface area contributed by atoms with Gasteiger partial charge in [0.2, 0.25) is 0 Å². The standard InChI is InChI=1S/C22H33N5O3S/c1-4-29-22(28)27-13-9-18(10-14-27)26-21(23-11-7-19-6-5-15-30-19)24-12-8-20-25-16(2)17(3)31-20/h5-6,15,18H,4,7-14H2,1-3H3,(H2,23,24,26). The van der Waals surface area contributed by atoms with Crippen molar-refractivity contribution in [1.29, 1.82) is 0 Å². The van der Waals surface area contributed by atoms with E-state index in [1.165, 1.54) is 4.88 Å². The Balaban J connectivity index is 1.52. The minimum atomic E-state index is -0.222. The summed E-state index contributed by atoms with van der Waals surface area (Å²) in [5.74, 6) is 1.74. The summed E-state index contributed by atoms with van der Waals surface area (Å²) in [6.07, 6.45) is 4.81. The number of amides is 1. The van der Waals surface area contributed by atoms with Gasteiger partial charge in [-0.1, -0.05) is 0 Å². The molecule has 0 radical (unpaired) electrons. The number of carbonyl (C=O) groups excluding carboxylic acids is 1. The Bertz CT molecular complexity index is 822. The van der Waals surface area contributed by atoms with Crippen LogP contribution in [0.3, 0.4) is 0 Å². The van der Waals surface area contributed by atoms with Crippen molar-refractivity contribution in [2.45, 2.75) is 52.5 Å². The molecule has 0 spiro atoms. The molecule has 0 aliphatic carbocycles. The van der Waals surface area contributed by atoms with Crippen LogP contribution in [0.2, 0.25) is 0 Å². The second-order valence-corrected chi connectivity index (χ2v) is 8.88. The van der Waals surface area contributed by atoms with E-state index in [1.54, 1.807) is 22.5 Å². The molecule has 0 atom stereocenters. The smallest absolute Gasteiger partial charge is 0.409 e. The number of guanidine groups is 1. The number of piperidine rings is 1. The first-order valence-electron chi connectivity index (χ1n) is 11.0. The number of rotatable bonds is 8. The molecule has 3 heterocycles. The molecule has 2 aromatic heterocycles. The Morgan fingerprint density at radius 1 is 1.35 bits per heavy atom.